The van der Waals surface area contributed by atoms with E-state index in [1.54, 1.807) is 18.2 Å². The molecule has 0 radical (unpaired) electrons. The Hall–Kier alpha value is -2.20. The summed E-state index contributed by atoms with van der Waals surface area (Å²) in [5.74, 6) is 0.505. The molecule has 0 saturated carbocycles. The van der Waals surface area contributed by atoms with E-state index in [4.69, 9.17) is 22.1 Å². The summed E-state index contributed by atoms with van der Waals surface area (Å²) in [6, 6.07) is 10.3. The summed E-state index contributed by atoms with van der Waals surface area (Å²) in [5, 5.41) is 3.17. The van der Waals surface area contributed by atoms with Crippen LogP contribution in [0.3, 0.4) is 0 Å². The van der Waals surface area contributed by atoms with Crippen LogP contribution in [-0.4, -0.2) is 12.5 Å². The Morgan fingerprint density at radius 3 is 2.67 bits per heavy atom. The number of rotatable bonds is 4. The highest BCUT2D eigenvalue weighted by Gasteiger charge is 2.12. The molecule has 4 nitrogen and oxygen atoms in total. The van der Waals surface area contributed by atoms with Gasteiger partial charge in [0.1, 0.15) is 5.75 Å². The summed E-state index contributed by atoms with van der Waals surface area (Å²) in [7, 11) is 0. The van der Waals surface area contributed by atoms with Gasteiger partial charge in [-0.05, 0) is 55.8 Å². The van der Waals surface area contributed by atoms with Crippen LogP contribution in [0, 0.1) is 6.92 Å². The molecule has 0 fully saturated rings. The van der Waals surface area contributed by atoms with Gasteiger partial charge < -0.3 is 15.8 Å². The second kappa shape index (κ2) is 6.50. The SMILES string of the molecule is CCOc1ccc(NC(=O)c2ccc(N)cc2Cl)c(C)c1. The van der Waals surface area contributed by atoms with Gasteiger partial charge in [0, 0.05) is 11.4 Å². The fourth-order valence-corrected chi connectivity index (χ4v) is 2.21. The number of ether oxygens (including phenoxy) is 1. The van der Waals surface area contributed by atoms with Crippen molar-refractivity contribution < 1.29 is 9.53 Å². The summed E-state index contributed by atoms with van der Waals surface area (Å²) in [6.07, 6.45) is 0. The maximum absolute atomic E-state index is 12.2. The van der Waals surface area contributed by atoms with E-state index in [2.05, 4.69) is 5.32 Å². The molecule has 0 spiro atoms. The average Bonchev–Trinajstić information content (AvgIpc) is 2.42. The predicted molar refractivity (Wildman–Crippen MR) is 86.2 cm³/mol. The number of amides is 1. The number of halogens is 1. The van der Waals surface area contributed by atoms with E-state index >= 15 is 0 Å². The quantitative estimate of drug-likeness (QED) is 0.842. The van der Waals surface area contributed by atoms with Crippen molar-refractivity contribution in [2.24, 2.45) is 0 Å². The van der Waals surface area contributed by atoms with Gasteiger partial charge in [0.05, 0.1) is 17.2 Å². The van der Waals surface area contributed by atoms with Crippen LogP contribution in [0.5, 0.6) is 5.75 Å². The van der Waals surface area contributed by atoms with E-state index < -0.39 is 0 Å². The standard InChI is InChI=1S/C16H17ClN2O2/c1-3-21-12-5-7-15(10(2)8-12)19-16(20)13-6-4-11(18)9-14(13)17/h4-9H,3,18H2,1-2H3,(H,19,20). The minimum Gasteiger partial charge on any atom is -0.494 e. The number of nitrogen functional groups attached to an aromatic ring is 1. The lowest BCUT2D eigenvalue weighted by atomic mass is 10.1. The summed E-state index contributed by atoms with van der Waals surface area (Å²) >= 11 is 6.04. The summed E-state index contributed by atoms with van der Waals surface area (Å²) < 4.78 is 5.42. The molecule has 2 aromatic carbocycles. The Labute approximate surface area is 128 Å². The van der Waals surface area contributed by atoms with Gasteiger partial charge >= 0.3 is 0 Å². The molecular formula is C16H17ClN2O2. The van der Waals surface area contributed by atoms with E-state index in [0.717, 1.165) is 17.0 Å². The van der Waals surface area contributed by atoms with Crippen molar-refractivity contribution in [3.8, 4) is 5.75 Å². The van der Waals surface area contributed by atoms with Crippen LogP contribution in [0.25, 0.3) is 0 Å². The largest absolute Gasteiger partial charge is 0.494 e. The van der Waals surface area contributed by atoms with Gasteiger partial charge in [-0.1, -0.05) is 11.6 Å². The van der Waals surface area contributed by atoms with Crippen LogP contribution in [0.15, 0.2) is 36.4 Å². The molecule has 21 heavy (non-hydrogen) atoms. The van der Waals surface area contributed by atoms with E-state index in [-0.39, 0.29) is 5.91 Å². The molecule has 0 aliphatic rings. The molecule has 0 atom stereocenters. The molecule has 0 unspecified atom stereocenters. The first-order valence-electron chi connectivity index (χ1n) is 6.61. The lowest BCUT2D eigenvalue weighted by Crippen LogP contribution is -2.13. The molecule has 3 N–H and O–H groups in total. The zero-order valence-electron chi connectivity index (χ0n) is 11.9. The number of nitrogens with one attached hydrogen (secondary N) is 1. The number of aryl methyl sites for hydroxylation is 1. The molecule has 110 valence electrons. The predicted octanol–water partition coefficient (Wildman–Crippen LogP) is 3.88. The molecule has 1 amide bonds. The van der Waals surface area contributed by atoms with Crippen LogP contribution < -0.4 is 15.8 Å². The number of anilines is 2. The van der Waals surface area contributed by atoms with E-state index in [0.29, 0.717) is 22.9 Å². The third-order valence-electron chi connectivity index (χ3n) is 2.99. The van der Waals surface area contributed by atoms with Crippen LogP contribution in [-0.2, 0) is 0 Å². The highest BCUT2D eigenvalue weighted by molar-refractivity contribution is 6.34. The van der Waals surface area contributed by atoms with Gasteiger partial charge in [-0.3, -0.25) is 4.79 Å². The Balaban J connectivity index is 2.19. The van der Waals surface area contributed by atoms with Gasteiger partial charge in [0.15, 0.2) is 0 Å². The van der Waals surface area contributed by atoms with Crippen LogP contribution in [0.4, 0.5) is 11.4 Å². The first-order valence-corrected chi connectivity index (χ1v) is 6.99. The Kier molecular flexibility index (Phi) is 4.70. The van der Waals surface area contributed by atoms with Crippen molar-refractivity contribution >= 4 is 28.9 Å². The maximum Gasteiger partial charge on any atom is 0.257 e. The van der Waals surface area contributed by atoms with E-state index in [1.807, 2.05) is 32.0 Å². The second-order valence-electron chi connectivity index (χ2n) is 4.60. The summed E-state index contributed by atoms with van der Waals surface area (Å²) in [6.45, 7) is 4.43. The van der Waals surface area contributed by atoms with Gasteiger partial charge in [0.2, 0.25) is 0 Å². The average molecular weight is 305 g/mol. The Bertz CT molecular complexity index is 671. The monoisotopic (exact) mass is 304 g/mol. The van der Waals surface area contributed by atoms with Crippen molar-refractivity contribution in [2.45, 2.75) is 13.8 Å². The number of hydrogen-bond acceptors (Lipinski definition) is 3. The molecule has 0 saturated heterocycles. The Morgan fingerprint density at radius 2 is 2.05 bits per heavy atom. The second-order valence-corrected chi connectivity index (χ2v) is 5.01. The van der Waals surface area contributed by atoms with E-state index in [9.17, 15) is 4.79 Å². The number of carbonyl (C=O) groups excluding carboxylic acids is 1. The lowest BCUT2D eigenvalue weighted by molar-refractivity contribution is 0.102. The van der Waals surface area contributed by atoms with Crippen LogP contribution in [0.1, 0.15) is 22.8 Å². The zero-order chi connectivity index (χ0) is 15.4. The lowest BCUT2D eigenvalue weighted by Gasteiger charge is -2.11. The molecule has 0 heterocycles. The van der Waals surface area contributed by atoms with Crippen molar-refractivity contribution in [1.82, 2.24) is 0 Å². The molecule has 0 aromatic heterocycles. The van der Waals surface area contributed by atoms with Crippen molar-refractivity contribution in [3.05, 3.63) is 52.5 Å². The highest BCUT2D eigenvalue weighted by atomic mass is 35.5. The van der Waals surface area contributed by atoms with Crippen molar-refractivity contribution in [3.63, 3.8) is 0 Å². The first-order chi connectivity index (χ1) is 10.0. The molecule has 2 aromatic rings. The van der Waals surface area contributed by atoms with Crippen molar-refractivity contribution in [2.75, 3.05) is 17.7 Å². The summed E-state index contributed by atoms with van der Waals surface area (Å²) in [4.78, 5) is 12.2. The zero-order valence-corrected chi connectivity index (χ0v) is 12.7. The normalized spacial score (nSPS) is 10.2. The minimum absolute atomic E-state index is 0.271. The molecular weight excluding hydrogens is 288 g/mol. The smallest absolute Gasteiger partial charge is 0.257 e. The number of benzene rings is 2. The highest BCUT2D eigenvalue weighted by Crippen LogP contribution is 2.24. The summed E-state index contributed by atoms with van der Waals surface area (Å²) in [5.41, 5.74) is 8.17. The van der Waals surface area contributed by atoms with Crippen molar-refractivity contribution in [1.29, 1.82) is 0 Å². The van der Waals surface area contributed by atoms with Gasteiger partial charge in [-0.15, -0.1) is 0 Å². The molecule has 0 aliphatic carbocycles. The van der Waals surface area contributed by atoms with Gasteiger partial charge in [-0.2, -0.15) is 0 Å². The first kappa shape index (κ1) is 15.2. The third kappa shape index (κ3) is 3.67. The van der Waals surface area contributed by atoms with Gasteiger partial charge in [-0.25, -0.2) is 0 Å². The number of hydrogen-bond donors (Lipinski definition) is 2. The third-order valence-corrected chi connectivity index (χ3v) is 3.31. The fraction of sp³-hybridized carbons (Fsp3) is 0.188. The fourth-order valence-electron chi connectivity index (χ4n) is 1.94. The minimum atomic E-state index is -0.271. The molecule has 5 heteroatoms. The molecule has 0 aliphatic heterocycles. The maximum atomic E-state index is 12.2. The molecule has 2 rings (SSSR count). The topological polar surface area (TPSA) is 64.3 Å². The van der Waals surface area contributed by atoms with Gasteiger partial charge in [0.25, 0.3) is 5.91 Å². The molecule has 0 bridgehead atoms. The Morgan fingerprint density at radius 1 is 1.29 bits per heavy atom. The number of nitrogens with two attached hydrogens (primary N) is 1. The van der Waals surface area contributed by atoms with Crippen LogP contribution >= 0.6 is 11.6 Å². The number of carbonyl (C=O) groups is 1. The van der Waals surface area contributed by atoms with E-state index in [1.165, 1.54) is 0 Å². The van der Waals surface area contributed by atoms with Crippen LogP contribution in [0.2, 0.25) is 5.02 Å².